The molecule has 1 fully saturated rings. The number of ether oxygens (including phenoxy) is 1. The van der Waals surface area contributed by atoms with Crippen LogP contribution in [0.2, 0.25) is 0 Å². The van der Waals surface area contributed by atoms with E-state index in [1.165, 1.54) is 11.3 Å². The van der Waals surface area contributed by atoms with E-state index in [1.807, 2.05) is 0 Å². The Morgan fingerprint density at radius 1 is 1.35 bits per heavy atom. The molecule has 1 unspecified atom stereocenters. The number of benzene rings is 1. The second-order valence-corrected chi connectivity index (χ2v) is 5.18. The molecule has 1 aromatic carbocycles. The van der Waals surface area contributed by atoms with Crippen molar-refractivity contribution in [2.24, 2.45) is 0 Å². The van der Waals surface area contributed by atoms with Crippen LogP contribution in [0.1, 0.15) is 18.4 Å². The zero-order chi connectivity index (χ0) is 11.7. The molecule has 0 bridgehead atoms. The molecule has 1 aromatic rings. The Kier molecular flexibility index (Phi) is 2.81. The zero-order valence-electron chi connectivity index (χ0n) is 10.1. The standard InChI is InChI=1S/C14H19NO2/c16-14(7-3-9-17-11-14)10-15-8-6-12-4-1-2-5-13(12)15/h1-2,4-5,16H,3,6-11H2. The third kappa shape index (κ3) is 2.17. The van der Waals surface area contributed by atoms with Gasteiger partial charge in [0.05, 0.1) is 6.61 Å². The molecule has 0 aromatic heterocycles. The highest BCUT2D eigenvalue weighted by atomic mass is 16.5. The van der Waals surface area contributed by atoms with Gasteiger partial charge in [0.1, 0.15) is 5.60 Å². The van der Waals surface area contributed by atoms with Crippen LogP contribution in [0.4, 0.5) is 5.69 Å². The number of hydrogen-bond donors (Lipinski definition) is 1. The maximum Gasteiger partial charge on any atom is 0.105 e. The van der Waals surface area contributed by atoms with Gasteiger partial charge in [-0.25, -0.2) is 0 Å². The first kappa shape index (κ1) is 11.1. The summed E-state index contributed by atoms with van der Waals surface area (Å²) in [6, 6.07) is 8.48. The SMILES string of the molecule is OC1(CN2CCc3ccccc32)CCCOC1. The average molecular weight is 233 g/mol. The minimum atomic E-state index is -0.657. The average Bonchev–Trinajstić information content (AvgIpc) is 2.73. The van der Waals surface area contributed by atoms with Crippen molar-refractivity contribution in [3.63, 3.8) is 0 Å². The largest absolute Gasteiger partial charge is 0.386 e. The molecule has 2 aliphatic rings. The van der Waals surface area contributed by atoms with Gasteiger partial charge in [-0.3, -0.25) is 0 Å². The Hall–Kier alpha value is -1.06. The van der Waals surface area contributed by atoms with Gasteiger partial charge in [-0.05, 0) is 30.9 Å². The fourth-order valence-electron chi connectivity index (χ4n) is 2.89. The quantitative estimate of drug-likeness (QED) is 0.842. The van der Waals surface area contributed by atoms with Gasteiger partial charge in [-0.15, -0.1) is 0 Å². The van der Waals surface area contributed by atoms with Crippen LogP contribution < -0.4 is 4.90 Å². The third-order valence-corrected chi connectivity index (χ3v) is 3.77. The molecule has 0 spiro atoms. The molecule has 3 nitrogen and oxygen atoms in total. The normalized spacial score (nSPS) is 28.2. The van der Waals surface area contributed by atoms with Crippen molar-refractivity contribution < 1.29 is 9.84 Å². The van der Waals surface area contributed by atoms with E-state index in [1.54, 1.807) is 0 Å². The van der Waals surface area contributed by atoms with Gasteiger partial charge >= 0.3 is 0 Å². The lowest BCUT2D eigenvalue weighted by atomic mass is 9.96. The smallest absolute Gasteiger partial charge is 0.105 e. The molecule has 1 N–H and O–H groups in total. The second kappa shape index (κ2) is 4.31. The molecule has 1 saturated heterocycles. The number of para-hydroxylation sites is 1. The second-order valence-electron chi connectivity index (χ2n) is 5.18. The molecule has 0 aliphatic carbocycles. The lowest BCUT2D eigenvalue weighted by molar-refractivity contribution is -0.0794. The highest BCUT2D eigenvalue weighted by Crippen LogP contribution is 2.30. The van der Waals surface area contributed by atoms with E-state index < -0.39 is 5.60 Å². The lowest BCUT2D eigenvalue weighted by Crippen LogP contribution is -2.48. The van der Waals surface area contributed by atoms with Crippen LogP contribution in [-0.4, -0.2) is 37.0 Å². The molecule has 0 saturated carbocycles. The maximum atomic E-state index is 10.5. The number of hydrogen-bond acceptors (Lipinski definition) is 3. The van der Waals surface area contributed by atoms with Crippen molar-refractivity contribution in [3.8, 4) is 0 Å². The number of aliphatic hydroxyl groups is 1. The van der Waals surface area contributed by atoms with Gasteiger partial charge in [-0.1, -0.05) is 18.2 Å². The predicted molar refractivity (Wildman–Crippen MR) is 67.4 cm³/mol. The molecule has 1 atom stereocenters. The van der Waals surface area contributed by atoms with Crippen LogP contribution in [0.5, 0.6) is 0 Å². The van der Waals surface area contributed by atoms with Crippen LogP contribution in [0.15, 0.2) is 24.3 Å². The lowest BCUT2D eigenvalue weighted by Gasteiger charge is -2.36. The van der Waals surface area contributed by atoms with Crippen molar-refractivity contribution in [2.45, 2.75) is 24.9 Å². The number of nitrogens with zero attached hydrogens (tertiary/aromatic N) is 1. The molecular formula is C14H19NO2. The highest BCUT2D eigenvalue weighted by molar-refractivity contribution is 5.58. The fourth-order valence-corrected chi connectivity index (χ4v) is 2.89. The van der Waals surface area contributed by atoms with Crippen LogP contribution in [0, 0.1) is 0 Å². The summed E-state index contributed by atoms with van der Waals surface area (Å²) >= 11 is 0. The summed E-state index contributed by atoms with van der Waals surface area (Å²) in [6.45, 7) is 2.98. The van der Waals surface area contributed by atoms with Gasteiger partial charge in [0.25, 0.3) is 0 Å². The zero-order valence-corrected chi connectivity index (χ0v) is 10.1. The molecule has 17 heavy (non-hydrogen) atoms. The van der Waals surface area contributed by atoms with Crippen molar-refractivity contribution >= 4 is 5.69 Å². The van der Waals surface area contributed by atoms with E-state index in [-0.39, 0.29) is 0 Å². The van der Waals surface area contributed by atoms with Crippen LogP contribution in [-0.2, 0) is 11.2 Å². The van der Waals surface area contributed by atoms with Crippen molar-refractivity contribution in [1.29, 1.82) is 0 Å². The summed E-state index contributed by atoms with van der Waals surface area (Å²) in [7, 11) is 0. The van der Waals surface area contributed by atoms with E-state index in [9.17, 15) is 5.11 Å². The van der Waals surface area contributed by atoms with E-state index in [0.717, 1.165) is 32.4 Å². The van der Waals surface area contributed by atoms with Crippen LogP contribution >= 0.6 is 0 Å². The van der Waals surface area contributed by atoms with Gasteiger partial charge < -0.3 is 14.7 Å². The van der Waals surface area contributed by atoms with Crippen molar-refractivity contribution in [1.82, 2.24) is 0 Å². The van der Waals surface area contributed by atoms with Gasteiger partial charge in [-0.2, -0.15) is 0 Å². The minimum absolute atomic E-state index is 0.478. The first-order chi connectivity index (χ1) is 8.27. The monoisotopic (exact) mass is 233 g/mol. The summed E-state index contributed by atoms with van der Waals surface area (Å²) < 4.78 is 5.41. The van der Waals surface area contributed by atoms with Gasteiger partial charge in [0, 0.05) is 25.4 Å². The molecule has 0 radical (unpaired) electrons. The Morgan fingerprint density at radius 2 is 2.24 bits per heavy atom. The highest BCUT2D eigenvalue weighted by Gasteiger charge is 2.34. The number of fused-ring (bicyclic) bond motifs is 1. The van der Waals surface area contributed by atoms with E-state index in [0.29, 0.717) is 13.2 Å². The summed E-state index contributed by atoms with van der Waals surface area (Å²) in [5.74, 6) is 0. The Bertz CT molecular complexity index is 399. The Morgan fingerprint density at radius 3 is 3.06 bits per heavy atom. The molecule has 92 valence electrons. The first-order valence-electron chi connectivity index (χ1n) is 6.40. The summed E-state index contributed by atoms with van der Waals surface area (Å²) in [5.41, 5.74) is 2.02. The van der Waals surface area contributed by atoms with Crippen LogP contribution in [0.3, 0.4) is 0 Å². The van der Waals surface area contributed by atoms with Crippen molar-refractivity contribution in [3.05, 3.63) is 29.8 Å². The predicted octanol–water partition coefficient (Wildman–Crippen LogP) is 1.59. The molecule has 3 heteroatoms. The molecular weight excluding hydrogens is 214 g/mol. The van der Waals surface area contributed by atoms with Gasteiger partial charge in [0.2, 0.25) is 0 Å². The number of rotatable bonds is 2. The maximum absolute atomic E-state index is 10.5. The summed E-state index contributed by atoms with van der Waals surface area (Å²) in [4.78, 5) is 2.30. The fraction of sp³-hybridized carbons (Fsp3) is 0.571. The Balaban J connectivity index is 1.74. The molecule has 2 aliphatic heterocycles. The summed E-state index contributed by atoms with van der Waals surface area (Å²) in [6.07, 6.45) is 2.91. The van der Waals surface area contributed by atoms with E-state index in [2.05, 4.69) is 29.2 Å². The Labute approximate surface area is 102 Å². The van der Waals surface area contributed by atoms with Gasteiger partial charge in [0.15, 0.2) is 0 Å². The minimum Gasteiger partial charge on any atom is -0.386 e. The molecule has 3 rings (SSSR count). The molecule has 2 heterocycles. The first-order valence-corrected chi connectivity index (χ1v) is 6.40. The van der Waals surface area contributed by atoms with E-state index >= 15 is 0 Å². The topological polar surface area (TPSA) is 32.7 Å². The summed E-state index contributed by atoms with van der Waals surface area (Å²) in [5, 5.41) is 10.5. The van der Waals surface area contributed by atoms with Crippen LogP contribution in [0.25, 0.3) is 0 Å². The third-order valence-electron chi connectivity index (χ3n) is 3.77. The number of anilines is 1. The molecule has 0 amide bonds. The van der Waals surface area contributed by atoms with Crippen molar-refractivity contribution in [2.75, 3.05) is 31.2 Å². The number of β-amino-alcohol motifs (C(OH)–C–C–N with tert-alkyl or cyclic N) is 1. The van der Waals surface area contributed by atoms with E-state index in [4.69, 9.17) is 4.74 Å².